The van der Waals surface area contributed by atoms with Crippen LogP contribution in [-0.2, 0) is 12.0 Å². The summed E-state index contributed by atoms with van der Waals surface area (Å²) in [5.74, 6) is 0.438. The van der Waals surface area contributed by atoms with Gasteiger partial charge in [-0.05, 0) is 56.1 Å². The normalized spacial score (nSPS) is 14.1. The van der Waals surface area contributed by atoms with Crippen molar-refractivity contribution in [2.45, 2.75) is 45.6 Å². The van der Waals surface area contributed by atoms with Gasteiger partial charge < -0.3 is 10.0 Å². The van der Waals surface area contributed by atoms with Gasteiger partial charge >= 0.3 is 0 Å². The van der Waals surface area contributed by atoms with Crippen molar-refractivity contribution < 1.29 is 5.11 Å². The van der Waals surface area contributed by atoms with E-state index in [9.17, 15) is 5.11 Å². The molecule has 0 atom stereocenters. The smallest absolute Gasteiger partial charge is 0.124 e. The molecule has 0 fully saturated rings. The third-order valence-corrected chi connectivity index (χ3v) is 6.43. The van der Waals surface area contributed by atoms with E-state index in [2.05, 4.69) is 93.4 Å². The van der Waals surface area contributed by atoms with E-state index in [1.807, 2.05) is 0 Å². The number of rotatable bonds is 6. The Balaban J connectivity index is 1.87. The molecule has 1 aliphatic rings. The Bertz CT molecular complexity index is 991. The predicted molar refractivity (Wildman–Crippen MR) is 122 cm³/mol. The van der Waals surface area contributed by atoms with Gasteiger partial charge in [-0.3, -0.25) is 0 Å². The highest BCUT2D eigenvalue weighted by atomic mass is 16.3. The summed E-state index contributed by atoms with van der Waals surface area (Å²) in [5.41, 5.74) is 7.94. The zero-order valence-corrected chi connectivity index (χ0v) is 18.0. The van der Waals surface area contributed by atoms with Crippen molar-refractivity contribution >= 4 is 0 Å². The van der Waals surface area contributed by atoms with Gasteiger partial charge in [0, 0.05) is 23.1 Å². The zero-order valence-electron chi connectivity index (χ0n) is 18.0. The Morgan fingerprint density at radius 2 is 1.48 bits per heavy atom. The van der Waals surface area contributed by atoms with Gasteiger partial charge in [-0.1, -0.05) is 79.6 Å². The number of hydrogen-bond acceptors (Lipinski definition) is 2. The third kappa shape index (κ3) is 3.26. The molecule has 150 valence electrons. The average molecular weight is 386 g/mol. The van der Waals surface area contributed by atoms with E-state index in [4.69, 9.17) is 0 Å². The van der Waals surface area contributed by atoms with Crippen molar-refractivity contribution in [1.82, 2.24) is 4.90 Å². The second kappa shape index (κ2) is 7.68. The molecule has 0 radical (unpaired) electrons. The minimum absolute atomic E-state index is 0.361. The van der Waals surface area contributed by atoms with Crippen LogP contribution < -0.4 is 0 Å². The highest BCUT2D eigenvalue weighted by Crippen LogP contribution is 2.54. The first-order valence-corrected chi connectivity index (χ1v) is 10.7. The molecule has 2 nitrogen and oxygen atoms in total. The minimum atomic E-state index is -0.361. The Morgan fingerprint density at radius 1 is 0.897 bits per heavy atom. The minimum Gasteiger partial charge on any atom is -0.507 e. The molecule has 4 rings (SSSR count). The molecule has 0 spiro atoms. The number of benzene rings is 3. The second-order valence-electron chi connectivity index (χ2n) is 8.63. The Morgan fingerprint density at radius 3 is 2.07 bits per heavy atom. The van der Waals surface area contributed by atoms with Crippen LogP contribution in [0.15, 0.2) is 60.7 Å². The summed E-state index contributed by atoms with van der Waals surface area (Å²) in [6, 6.07) is 21.6. The fourth-order valence-electron chi connectivity index (χ4n) is 4.90. The molecule has 0 saturated carbocycles. The zero-order chi connectivity index (χ0) is 20.6. The summed E-state index contributed by atoms with van der Waals surface area (Å²) in [5, 5.41) is 11.4. The van der Waals surface area contributed by atoms with Crippen molar-refractivity contribution in [1.29, 1.82) is 0 Å². The molecule has 0 bridgehead atoms. The monoisotopic (exact) mass is 385 g/mol. The molecule has 1 aliphatic carbocycles. The fourth-order valence-corrected chi connectivity index (χ4v) is 4.90. The van der Waals surface area contributed by atoms with Crippen LogP contribution in [0.2, 0.25) is 0 Å². The van der Waals surface area contributed by atoms with Gasteiger partial charge in [0.15, 0.2) is 0 Å². The maximum absolute atomic E-state index is 11.4. The second-order valence-corrected chi connectivity index (χ2v) is 8.63. The van der Waals surface area contributed by atoms with E-state index in [0.717, 1.165) is 24.2 Å². The topological polar surface area (TPSA) is 23.5 Å². The SMILES string of the molecule is CCCCN(C)Cc1cc(C)cc(C2(C)c3ccccc3-c3ccccc32)c1O. The lowest BCUT2D eigenvalue weighted by Crippen LogP contribution is -2.24. The number of nitrogens with zero attached hydrogens (tertiary/aromatic N) is 1. The maximum Gasteiger partial charge on any atom is 0.124 e. The molecule has 29 heavy (non-hydrogen) atoms. The fraction of sp³-hybridized carbons (Fsp3) is 0.333. The highest BCUT2D eigenvalue weighted by molar-refractivity contribution is 5.83. The molecule has 0 amide bonds. The number of fused-ring (bicyclic) bond motifs is 3. The van der Waals surface area contributed by atoms with Gasteiger partial charge in [0.25, 0.3) is 0 Å². The van der Waals surface area contributed by atoms with Crippen LogP contribution in [0, 0.1) is 6.92 Å². The lowest BCUT2D eigenvalue weighted by molar-refractivity contribution is 0.313. The Hall–Kier alpha value is -2.58. The molecule has 1 N–H and O–H groups in total. The summed E-state index contributed by atoms with van der Waals surface area (Å²) in [6.07, 6.45) is 2.36. The van der Waals surface area contributed by atoms with Crippen LogP contribution in [0.4, 0.5) is 0 Å². The van der Waals surface area contributed by atoms with E-state index in [-0.39, 0.29) is 5.41 Å². The van der Waals surface area contributed by atoms with Gasteiger partial charge in [-0.25, -0.2) is 0 Å². The summed E-state index contributed by atoms with van der Waals surface area (Å²) in [4.78, 5) is 2.31. The lowest BCUT2D eigenvalue weighted by Gasteiger charge is -2.30. The number of hydrogen-bond donors (Lipinski definition) is 1. The highest BCUT2D eigenvalue weighted by Gasteiger charge is 2.42. The van der Waals surface area contributed by atoms with Crippen molar-refractivity contribution in [3.8, 4) is 16.9 Å². The van der Waals surface area contributed by atoms with Crippen molar-refractivity contribution in [2.75, 3.05) is 13.6 Å². The van der Waals surface area contributed by atoms with E-state index in [1.54, 1.807) is 0 Å². The van der Waals surface area contributed by atoms with Gasteiger partial charge in [-0.15, -0.1) is 0 Å². The number of unbranched alkanes of at least 4 members (excludes halogenated alkanes) is 1. The van der Waals surface area contributed by atoms with Crippen molar-refractivity contribution in [3.63, 3.8) is 0 Å². The quantitative estimate of drug-likeness (QED) is 0.541. The van der Waals surface area contributed by atoms with Gasteiger partial charge in [0.05, 0.1) is 0 Å². The van der Waals surface area contributed by atoms with Crippen molar-refractivity contribution in [2.24, 2.45) is 0 Å². The molecule has 3 aromatic carbocycles. The van der Waals surface area contributed by atoms with Gasteiger partial charge in [0.2, 0.25) is 0 Å². The van der Waals surface area contributed by atoms with Crippen LogP contribution in [-0.4, -0.2) is 23.6 Å². The number of phenols is 1. The van der Waals surface area contributed by atoms with Crippen LogP contribution in [0.5, 0.6) is 5.75 Å². The molecule has 0 aromatic heterocycles. The summed E-state index contributed by atoms with van der Waals surface area (Å²) in [6.45, 7) is 8.42. The Labute approximate surface area is 174 Å². The average Bonchev–Trinajstić information content (AvgIpc) is 2.99. The van der Waals surface area contributed by atoms with Crippen LogP contribution >= 0.6 is 0 Å². The lowest BCUT2D eigenvalue weighted by atomic mass is 9.73. The Kier molecular flexibility index (Phi) is 5.23. The number of aryl methyl sites for hydroxylation is 1. The van der Waals surface area contributed by atoms with E-state index >= 15 is 0 Å². The molecule has 2 heteroatoms. The molecular formula is C27H31NO. The first kappa shape index (κ1) is 19.7. The van der Waals surface area contributed by atoms with E-state index in [0.29, 0.717) is 5.75 Å². The summed E-state index contributed by atoms with van der Waals surface area (Å²) in [7, 11) is 2.14. The number of aromatic hydroxyl groups is 1. The number of phenolic OH excluding ortho intramolecular Hbond substituents is 1. The largest absolute Gasteiger partial charge is 0.507 e. The summed E-state index contributed by atoms with van der Waals surface area (Å²) >= 11 is 0. The van der Waals surface area contributed by atoms with E-state index < -0.39 is 0 Å². The van der Waals surface area contributed by atoms with Crippen LogP contribution in [0.3, 0.4) is 0 Å². The molecule has 0 unspecified atom stereocenters. The first-order chi connectivity index (χ1) is 14.0. The molecule has 0 saturated heterocycles. The predicted octanol–water partition coefficient (Wildman–Crippen LogP) is 6.27. The standard InChI is InChI=1S/C27H31NO/c1-5-6-15-28(4)18-20-16-19(2)17-25(26(20)29)27(3)23-13-9-7-11-21(23)22-12-8-10-14-24(22)27/h7-14,16-17,29H,5-6,15,18H2,1-4H3. The summed E-state index contributed by atoms with van der Waals surface area (Å²) < 4.78 is 0. The van der Waals surface area contributed by atoms with Gasteiger partial charge in [0.1, 0.15) is 5.75 Å². The van der Waals surface area contributed by atoms with Crippen LogP contribution in [0.25, 0.3) is 11.1 Å². The molecule has 0 aliphatic heterocycles. The first-order valence-electron chi connectivity index (χ1n) is 10.7. The van der Waals surface area contributed by atoms with Crippen LogP contribution in [0.1, 0.15) is 54.5 Å². The van der Waals surface area contributed by atoms with Gasteiger partial charge in [-0.2, -0.15) is 0 Å². The van der Waals surface area contributed by atoms with E-state index in [1.165, 1.54) is 40.7 Å². The maximum atomic E-state index is 11.4. The molecule has 3 aromatic rings. The third-order valence-electron chi connectivity index (χ3n) is 6.43. The molecular weight excluding hydrogens is 354 g/mol. The molecule has 0 heterocycles. The van der Waals surface area contributed by atoms with Crippen molar-refractivity contribution in [3.05, 3.63) is 88.5 Å².